The number of aliphatic hydroxyl groups is 2. The molecule has 8 nitrogen and oxygen atoms in total. The third-order valence-electron chi connectivity index (χ3n) is 7.43. The number of amides is 1. The van der Waals surface area contributed by atoms with Crippen molar-refractivity contribution in [2.45, 2.75) is 37.0 Å². The van der Waals surface area contributed by atoms with Crippen LogP contribution in [0.15, 0.2) is 66.7 Å². The molecule has 0 aromatic heterocycles. The Hall–Kier alpha value is -3.30. The lowest BCUT2D eigenvalue weighted by Gasteiger charge is -2.39. The van der Waals surface area contributed by atoms with Crippen LogP contribution < -0.4 is 14.8 Å². The van der Waals surface area contributed by atoms with Gasteiger partial charge in [-0.1, -0.05) is 41.9 Å². The van der Waals surface area contributed by atoms with Gasteiger partial charge in [0.1, 0.15) is 35.6 Å². The van der Waals surface area contributed by atoms with E-state index in [1.165, 1.54) is 18.2 Å². The van der Waals surface area contributed by atoms with Gasteiger partial charge in [-0.3, -0.25) is 4.79 Å². The molecule has 4 N–H and O–H groups in total. The van der Waals surface area contributed by atoms with Crippen LogP contribution in [0.3, 0.4) is 0 Å². The number of carbonyl (C=O) groups is 1. The van der Waals surface area contributed by atoms with E-state index >= 15 is 0 Å². The number of halogens is 1. The molecule has 3 aromatic carbocycles. The highest BCUT2D eigenvalue weighted by Crippen LogP contribution is 2.42. The summed E-state index contributed by atoms with van der Waals surface area (Å²) >= 11 is 6.15. The Bertz CT molecular complexity index is 1300. The quantitative estimate of drug-likeness (QED) is 0.320. The first-order chi connectivity index (χ1) is 18.8. The van der Waals surface area contributed by atoms with Crippen LogP contribution in [0.1, 0.15) is 40.4 Å². The molecule has 2 aliphatic heterocycles. The van der Waals surface area contributed by atoms with Gasteiger partial charge in [0.2, 0.25) is 0 Å². The summed E-state index contributed by atoms with van der Waals surface area (Å²) in [5, 5.41) is 34.0. The molecule has 1 fully saturated rings. The van der Waals surface area contributed by atoms with Crippen molar-refractivity contribution in [3.63, 3.8) is 0 Å². The Balaban J connectivity index is 1.14. The smallest absolute Gasteiger partial charge is 0.255 e. The molecule has 9 heteroatoms. The fourth-order valence-corrected chi connectivity index (χ4v) is 5.53. The van der Waals surface area contributed by atoms with E-state index in [0.717, 1.165) is 49.2 Å². The molecule has 3 aromatic rings. The van der Waals surface area contributed by atoms with Gasteiger partial charge < -0.3 is 35.0 Å². The van der Waals surface area contributed by atoms with Gasteiger partial charge in [-0.15, -0.1) is 0 Å². The topological polar surface area (TPSA) is 111 Å². The fraction of sp³-hybridized carbons (Fsp3) is 0.367. The second kappa shape index (κ2) is 11.8. The summed E-state index contributed by atoms with van der Waals surface area (Å²) in [5.41, 5.74) is 1.89. The van der Waals surface area contributed by atoms with Crippen molar-refractivity contribution in [3.05, 3.63) is 88.4 Å². The number of β-amino-alcohol motifs (C(OH)–C–C–N with tert-alkyl or cyclic N) is 1. The molecule has 1 saturated heterocycles. The van der Waals surface area contributed by atoms with Crippen LogP contribution in [0, 0.1) is 0 Å². The molecule has 2 heterocycles. The summed E-state index contributed by atoms with van der Waals surface area (Å²) in [6, 6.07) is 18.5. The predicted molar refractivity (Wildman–Crippen MR) is 148 cm³/mol. The van der Waals surface area contributed by atoms with Gasteiger partial charge in [-0.25, -0.2) is 0 Å². The number of nitrogens with zero attached hydrogens (tertiary/aromatic N) is 1. The van der Waals surface area contributed by atoms with Gasteiger partial charge in [-0.05, 0) is 41.5 Å². The molecular formula is C30H33ClN2O6. The standard InChI is InChI=1S/C30H33ClN2O6/c31-22-6-9-27-21(14-22)16-30(39-27)10-12-33(13-11-30)17-24(36)19-38-28-15-23(35)7-8-25(28)29(37)32-26(18-34)20-4-2-1-3-5-20/h1-9,14-15,24,26,34-36H,10-13,16-19H2,(H,32,37)/t24-,26?/m1/s1. The Labute approximate surface area is 232 Å². The number of hydrogen-bond donors (Lipinski definition) is 4. The molecule has 1 unspecified atom stereocenters. The van der Waals surface area contributed by atoms with Crippen molar-refractivity contribution in [1.29, 1.82) is 0 Å². The minimum atomic E-state index is -0.799. The maximum Gasteiger partial charge on any atom is 0.255 e. The van der Waals surface area contributed by atoms with Crippen LogP contribution in [0.4, 0.5) is 0 Å². The van der Waals surface area contributed by atoms with Crippen molar-refractivity contribution in [1.82, 2.24) is 10.2 Å². The molecule has 39 heavy (non-hydrogen) atoms. The van der Waals surface area contributed by atoms with E-state index in [-0.39, 0.29) is 35.9 Å². The van der Waals surface area contributed by atoms with Crippen molar-refractivity contribution >= 4 is 17.5 Å². The average Bonchev–Trinajstić information content (AvgIpc) is 3.29. The first kappa shape index (κ1) is 27.3. The number of rotatable bonds is 9. The van der Waals surface area contributed by atoms with Gasteiger partial charge in [0.05, 0.1) is 18.2 Å². The molecule has 0 saturated carbocycles. The molecule has 5 rings (SSSR count). The van der Waals surface area contributed by atoms with E-state index in [4.69, 9.17) is 21.1 Å². The normalized spacial score (nSPS) is 17.7. The zero-order chi connectivity index (χ0) is 27.4. The lowest BCUT2D eigenvalue weighted by atomic mass is 9.87. The number of benzene rings is 3. The second-order valence-electron chi connectivity index (χ2n) is 10.3. The highest BCUT2D eigenvalue weighted by Gasteiger charge is 2.42. The highest BCUT2D eigenvalue weighted by molar-refractivity contribution is 6.30. The van der Waals surface area contributed by atoms with Gasteiger partial charge in [0.15, 0.2) is 0 Å². The van der Waals surface area contributed by atoms with Gasteiger partial charge in [0, 0.05) is 50.0 Å². The zero-order valence-corrected chi connectivity index (χ0v) is 22.3. The predicted octanol–water partition coefficient (Wildman–Crippen LogP) is 3.72. The number of phenolic OH excluding ortho intramolecular Hbond substituents is 1. The first-order valence-corrected chi connectivity index (χ1v) is 13.5. The van der Waals surface area contributed by atoms with Crippen LogP contribution in [-0.4, -0.2) is 70.7 Å². The Kier molecular flexibility index (Phi) is 8.28. The molecule has 2 atom stereocenters. The van der Waals surface area contributed by atoms with E-state index < -0.39 is 18.1 Å². The molecular weight excluding hydrogens is 520 g/mol. The van der Waals surface area contributed by atoms with Crippen LogP contribution in [-0.2, 0) is 6.42 Å². The highest BCUT2D eigenvalue weighted by atomic mass is 35.5. The summed E-state index contributed by atoms with van der Waals surface area (Å²) in [5.74, 6) is 0.548. The summed E-state index contributed by atoms with van der Waals surface area (Å²) in [4.78, 5) is 15.2. The lowest BCUT2D eigenvalue weighted by molar-refractivity contribution is -0.00201. The van der Waals surface area contributed by atoms with E-state index in [1.54, 1.807) is 0 Å². The molecule has 0 aliphatic carbocycles. The van der Waals surface area contributed by atoms with Gasteiger partial charge in [-0.2, -0.15) is 0 Å². The number of fused-ring (bicyclic) bond motifs is 1. The van der Waals surface area contributed by atoms with Crippen LogP contribution in [0.25, 0.3) is 0 Å². The molecule has 206 valence electrons. The fourth-order valence-electron chi connectivity index (χ4n) is 5.33. The summed E-state index contributed by atoms with van der Waals surface area (Å²) in [6.45, 7) is 1.65. The number of aliphatic hydroxyl groups excluding tert-OH is 2. The molecule has 0 radical (unpaired) electrons. The summed E-state index contributed by atoms with van der Waals surface area (Å²) < 4.78 is 12.1. The largest absolute Gasteiger partial charge is 0.508 e. The molecule has 1 amide bonds. The SMILES string of the molecule is O=C(NC(CO)c1ccccc1)c1ccc(O)cc1OC[C@H](O)CN1CCC2(CC1)Cc1cc(Cl)ccc1O2. The van der Waals surface area contributed by atoms with Crippen molar-refractivity contribution < 1.29 is 29.6 Å². The van der Waals surface area contributed by atoms with E-state index in [9.17, 15) is 20.1 Å². The van der Waals surface area contributed by atoms with Crippen LogP contribution in [0.2, 0.25) is 5.02 Å². The van der Waals surface area contributed by atoms with Crippen molar-refractivity contribution in [2.24, 2.45) is 0 Å². The monoisotopic (exact) mass is 552 g/mol. The van der Waals surface area contributed by atoms with E-state index in [0.29, 0.717) is 11.6 Å². The third-order valence-corrected chi connectivity index (χ3v) is 7.66. The van der Waals surface area contributed by atoms with Gasteiger partial charge >= 0.3 is 0 Å². The number of nitrogens with one attached hydrogen (secondary N) is 1. The number of hydrogen-bond acceptors (Lipinski definition) is 7. The third kappa shape index (κ3) is 6.47. The Morgan fingerprint density at radius 3 is 2.62 bits per heavy atom. The first-order valence-electron chi connectivity index (χ1n) is 13.1. The maximum atomic E-state index is 13.0. The van der Waals surface area contributed by atoms with Gasteiger partial charge in [0.25, 0.3) is 5.91 Å². The number of likely N-dealkylation sites (tertiary alicyclic amines) is 1. The number of phenols is 1. The van der Waals surface area contributed by atoms with Crippen molar-refractivity contribution in [2.75, 3.05) is 32.8 Å². The minimum absolute atomic E-state index is 0.0477. The number of carbonyl (C=O) groups excluding carboxylic acids is 1. The Morgan fingerprint density at radius 2 is 1.87 bits per heavy atom. The number of ether oxygens (including phenoxy) is 2. The number of piperidine rings is 1. The molecule has 0 bridgehead atoms. The lowest BCUT2D eigenvalue weighted by Crippen LogP contribution is -2.49. The number of aromatic hydroxyl groups is 1. The maximum absolute atomic E-state index is 13.0. The Morgan fingerprint density at radius 1 is 1.10 bits per heavy atom. The second-order valence-corrected chi connectivity index (χ2v) is 10.7. The molecule has 2 aliphatic rings. The van der Waals surface area contributed by atoms with Crippen LogP contribution >= 0.6 is 11.6 Å². The minimum Gasteiger partial charge on any atom is -0.508 e. The zero-order valence-electron chi connectivity index (χ0n) is 21.6. The summed E-state index contributed by atoms with van der Waals surface area (Å²) in [6.07, 6.45) is 1.73. The molecule has 1 spiro atoms. The van der Waals surface area contributed by atoms with Crippen LogP contribution in [0.5, 0.6) is 17.2 Å². The van der Waals surface area contributed by atoms with E-state index in [1.807, 2.05) is 48.5 Å². The average molecular weight is 553 g/mol. The summed E-state index contributed by atoms with van der Waals surface area (Å²) in [7, 11) is 0. The van der Waals surface area contributed by atoms with Crippen molar-refractivity contribution in [3.8, 4) is 17.2 Å². The van der Waals surface area contributed by atoms with E-state index in [2.05, 4.69) is 10.2 Å².